The average molecular weight is 239 g/mol. The van der Waals surface area contributed by atoms with Crippen LogP contribution in [0.1, 0.15) is 19.8 Å². The fourth-order valence-corrected chi connectivity index (χ4v) is 3.17. The molecule has 0 bridgehead atoms. The van der Waals surface area contributed by atoms with Gasteiger partial charge in [0, 0.05) is 17.5 Å². The molecule has 0 aromatic carbocycles. The van der Waals surface area contributed by atoms with Gasteiger partial charge in [0.05, 0.1) is 0 Å². The van der Waals surface area contributed by atoms with Crippen LogP contribution in [0.25, 0.3) is 0 Å². The van der Waals surface area contributed by atoms with Crippen LogP contribution in [-0.4, -0.2) is 25.7 Å². The van der Waals surface area contributed by atoms with Gasteiger partial charge in [-0.05, 0) is 43.3 Å². The predicted molar refractivity (Wildman–Crippen MR) is 70.4 cm³/mol. The third-order valence-electron chi connectivity index (χ3n) is 3.40. The van der Waals surface area contributed by atoms with Gasteiger partial charge in [0.2, 0.25) is 0 Å². The van der Waals surface area contributed by atoms with Crippen LogP contribution in [0, 0.1) is 10.7 Å². The van der Waals surface area contributed by atoms with E-state index < -0.39 is 0 Å². The Labute approximate surface area is 100 Å². The van der Waals surface area contributed by atoms with Crippen LogP contribution in [0.4, 0.5) is 0 Å². The normalized spacial score (nSPS) is 33.3. The van der Waals surface area contributed by atoms with Gasteiger partial charge in [0.25, 0.3) is 0 Å². The Morgan fingerprint density at radius 2 is 2.50 bits per heavy atom. The molecule has 1 unspecified atom stereocenters. The molecule has 16 heavy (non-hydrogen) atoms. The standard InChI is InChI=1S/C12H21N3S/c1-10-4-7-15-12(10)5-6-14-9-11-3-2-8-16(11)13/h2-3,8,10,12-15H,4-7,9H2,1H3/t10-,12+,16?/m0/s1. The lowest BCUT2D eigenvalue weighted by atomic mass is 10.0. The van der Waals surface area contributed by atoms with Crippen LogP contribution < -0.4 is 10.6 Å². The van der Waals surface area contributed by atoms with E-state index in [0.29, 0.717) is 6.04 Å². The van der Waals surface area contributed by atoms with Gasteiger partial charge in [-0.25, -0.2) is 0 Å². The first-order chi connectivity index (χ1) is 7.77. The third kappa shape index (κ3) is 3.03. The van der Waals surface area contributed by atoms with Crippen molar-refractivity contribution in [3.8, 4) is 0 Å². The van der Waals surface area contributed by atoms with Gasteiger partial charge in [0.15, 0.2) is 0 Å². The molecule has 4 heteroatoms. The van der Waals surface area contributed by atoms with E-state index >= 15 is 0 Å². The fourth-order valence-electron chi connectivity index (χ4n) is 2.28. The second-order valence-corrected chi connectivity index (χ2v) is 6.06. The van der Waals surface area contributed by atoms with E-state index in [1.807, 2.05) is 11.5 Å². The molecule has 2 heterocycles. The van der Waals surface area contributed by atoms with Gasteiger partial charge in [-0.15, -0.1) is 0 Å². The lowest BCUT2D eigenvalue weighted by molar-refractivity contribution is 0.444. The van der Waals surface area contributed by atoms with Gasteiger partial charge in [0.1, 0.15) is 0 Å². The molecule has 3 nitrogen and oxygen atoms in total. The summed E-state index contributed by atoms with van der Waals surface area (Å²) in [6.07, 6.45) is 6.58. The molecule has 2 aliphatic rings. The van der Waals surface area contributed by atoms with Gasteiger partial charge in [-0.2, -0.15) is 0 Å². The van der Waals surface area contributed by atoms with Crippen molar-refractivity contribution in [1.29, 1.82) is 4.78 Å². The molecule has 3 N–H and O–H groups in total. The van der Waals surface area contributed by atoms with E-state index in [9.17, 15) is 0 Å². The highest BCUT2D eigenvalue weighted by Gasteiger charge is 2.21. The number of allylic oxidation sites excluding steroid dienone is 2. The van der Waals surface area contributed by atoms with Crippen LogP contribution in [0.5, 0.6) is 0 Å². The highest BCUT2D eigenvalue weighted by Crippen LogP contribution is 2.16. The monoisotopic (exact) mass is 239 g/mol. The largest absolute Gasteiger partial charge is 0.314 e. The molecule has 3 atom stereocenters. The van der Waals surface area contributed by atoms with E-state index in [1.165, 1.54) is 24.3 Å². The molecule has 0 saturated carbocycles. The van der Waals surface area contributed by atoms with Crippen molar-refractivity contribution in [3.63, 3.8) is 0 Å². The molecule has 90 valence electrons. The summed E-state index contributed by atoms with van der Waals surface area (Å²) in [6, 6.07) is 0.692. The number of rotatable bonds is 5. The van der Waals surface area contributed by atoms with Crippen molar-refractivity contribution < 1.29 is 0 Å². The lowest BCUT2D eigenvalue weighted by Gasteiger charge is -2.15. The molecule has 0 aliphatic carbocycles. The van der Waals surface area contributed by atoms with E-state index in [2.05, 4.69) is 23.6 Å². The highest BCUT2D eigenvalue weighted by molar-refractivity contribution is 7.93. The van der Waals surface area contributed by atoms with Crippen LogP contribution in [0.2, 0.25) is 0 Å². The molecule has 0 radical (unpaired) electrons. The molecule has 2 rings (SSSR count). The minimum atomic E-state index is -0.371. The first-order valence-corrected chi connectivity index (χ1v) is 7.32. The average Bonchev–Trinajstić information content (AvgIpc) is 2.84. The van der Waals surface area contributed by atoms with Crippen LogP contribution in [0.3, 0.4) is 0 Å². The van der Waals surface area contributed by atoms with Crippen molar-refractivity contribution in [2.24, 2.45) is 5.92 Å². The summed E-state index contributed by atoms with van der Waals surface area (Å²) in [5.74, 6) is 0.819. The summed E-state index contributed by atoms with van der Waals surface area (Å²) in [5, 5.41) is 8.94. The number of hydrogen-bond acceptors (Lipinski definition) is 3. The number of hydrogen-bond donors (Lipinski definition) is 3. The summed E-state index contributed by atoms with van der Waals surface area (Å²) in [4.78, 5) is 1.22. The SMILES string of the molecule is C[C@H]1CCN[C@@H]1CCNCC1=CC=CS1=N. The quantitative estimate of drug-likeness (QED) is 0.640. The topological polar surface area (TPSA) is 47.9 Å². The molecule has 1 saturated heterocycles. The third-order valence-corrected chi connectivity index (χ3v) is 4.68. The molecule has 1 fully saturated rings. The van der Waals surface area contributed by atoms with E-state index in [-0.39, 0.29) is 10.7 Å². The zero-order valence-corrected chi connectivity index (χ0v) is 10.6. The lowest BCUT2D eigenvalue weighted by Crippen LogP contribution is -2.31. The predicted octanol–water partition coefficient (Wildman–Crippen LogP) is 1.76. The fraction of sp³-hybridized carbons (Fsp3) is 0.667. The van der Waals surface area contributed by atoms with Gasteiger partial charge < -0.3 is 10.6 Å². The number of nitrogens with one attached hydrogen (secondary N) is 3. The summed E-state index contributed by atoms with van der Waals surface area (Å²) >= 11 is 0. The maximum Gasteiger partial charge on any atom is 0.0277 e. The molecule has 0 spiro atoms. The van der Waals surface area contributed by atoms with Crippen LogP contribution in [-0.2, 0) is 10.7 Å². The van der Waals surface area contributed by atoms with Gasteiger partial charge in [-0.3, -0.25) is 4.78 Å². The maximum atomic E-state index is 7.74. The zero-order chi connectivity index (χ0) is 11.4. The Hall–Kier alpha value is -0.450. The minimum Gasteiger partial charge on any atom is -0.314 e. The first kappa shape index (κ1) is 12.0. The zero-order valence-electron chi connectivity index (χ0n) is 9.83. The van der Waals surface area contributed by atoms with Gasteiger partial charge in [-0.1, -0.05) is 23.7 Å². The molecular formula is C12H21N3S. The Morgan fingerprint density at radius 3 is 3.12 bits per heavy atom. The van der Waals surface area contributed by atoms with Crippen molar-refractivity contribution >= 4 is 10.7 Å². The van der Waals surface area contributed by atoms with E-state index in [0.717, 1.165) is 19.0 Å². The molecule has 0 aromatic heterocycles. The summed E-state index contributed by atoms with van der Waals surface area (Å²) < 4.78 is 7.74. The van der Waals surface area contributed by atoms with Crippen molar-refractivity contribution in [3.05, 3.63) is 22.5 Å². The summed E-state index contributed by atoms with van der Waals surface area (Å²) in [7, 11) is -0.371. The Morgan fingerprint density at radius 1 is 1.62 bits per heavy atom. The molecule has 2 aliphatic heterocycles. The first-order valence-electron chi connectivity index (χ1n) is 6.03. The second-order valence-electron chi connectivity index (χ2n) is 4.59. The summed E-state index contributed by atoms with van der Waals surface area (Å²) in [5.41, 5.74) is 0. The summed E-state index contributed by atoms with van der Waals surface area (Å²) in [6.45, 7) is 5.43. The van der Waals surface area contributed by atoms with Gasteiger partial charge >= 0.3 is 0 Å². The van der Waals surface area contributed by atoms with E-state index in [4.69, 9.17) is 4.78 Å². The molecule has 0 aromatic rings. The van der Waals surface area contributed by atoms with Crippen molar-refractivity contribution in [1.82, 2.24) is 10.6 Å². The molecular weight excluding hydrogens is 218 g/mol. The maximum absolute atomic E-state index is 7.74. The highest BCUT2D eigenvalue weighted by atomic mass is 32.2. The van der Waals surface area contributed by atoms with Crippen LogP contribution >= 0.6 is 0 Å². The smallest absolute Gasteiger partial charge is 0.0277 e. The van der Waals surface area contributed by atoms with Crippen LogP contribution in [0.15, 0.2) is 22.5 Å². The minimum absolute atomic E-state index is 0.371. The van der Waals surface area contributed by atoms with Crippen molar-refractivity contribution in [2.45, 2.75) is 25.8 Å². The van der Waals surface area contributed by atoms with E-state index in [1.54, 1.807) is 0 Å². The van der Waals surface area contributed by atoms with Crippen molar-refractivity contribution in [2.75, 3.05) is 19.6 Å². The molecule has 0 amide bonds. The second kappa shape index (κ2) is 5.75. The Bertz CT molecular complexity index is 322. The Balaban J connectivity index is 1.60. The Kier molecular flexibility index (Phi) is 4.32.